The van der Waals surface area contributed by atoms with Crippen LogP contribution >= 0.6 is 0 Å². The molecule has 0 radical (unpaired) electrons. The summed E-state index contributed by atoms with van der Waals surface area (Å²) in [5, 5.41) is 0. The van der Waals surface area contributed by atoms with Crippen LogP contribution in [0.1, 0.15) is 21.7 Å². The van der Waals surface area contributed by atoms with Crippen molar-refractivity contribution in [1.29, 1.82) is 0 Å². The van der Waals surface area contributed by atoms with Gasteiger partial charge in [0, 0.05) is 5.69 Å². The number of ether oxygens (including phenoxy) is 1. The van der Waals surface area contributed by atoms with E-state index >= 15 is 0 Å². The minimum Gasteiger partial charge on any atom is -0.464 e. The molecule has 118 valence electrons. The van der Waals surface area contributed by atoms with Gasteiger partial charge in [0.15, 0.2) is 0 Å². The minimum absolute atomic E-state index is 0.00400. The fourth-order valence-corrected chi connectivity index (χ4v) is 3.08. The van der Waals surface area contributed by atoms with Gasteiger partial charge in [0.1, 0.15) is 16.4 Å². The summed E-state index contributed by atoms with van der Waals surface area (Å²) >= 11 is 0. The predicted octanol–water partition coefficient (Wildman–Crippen LogP) is 2.36. The van der Waals surface area contributed by atoms with Crippen molar-refractivity contribution >= 4 is 21.7 Å². The van der Waals surface area contributed by atoms with Crippen molar-refractivity contribution < 1.29 is 22.3 Å². The molecular formula is C14H15FN2O4S. The Labute approximate surface area is 127 Å². The Kier molecular flexibility index (Phi) is 4.23. The molecule has 22 heavy (non-hydrogen) atoms. The molecule has 0 amide bonds. The Morgan fingerprint density at radius 3 is 2.55 bits per heavy atom. The summed E-state index contributed by atoms with van der Waals surface area (Å²) in [6.45, 7) is 3.30. The van der Waals surface area contributed by atoms with E-state index in [0.29, 0.717) is 11.3 Å². The third-order valence-corrected chi connectivity index (χ3v) is 4.36. The highest BCUT2D eigenvalue weighted by molar-refractivity contribution is 7.92. The number of nitrogens with one attached hydrogen (secondary N) is 2. The summed E-state index contributed by atoms with van der Waals surface area (Å²) < 4.78 is 45.2. The smallest absolute Gasteiger partial charge is 0.356 e. The zero-order valence-corrected chi connectivity index (χ0v) is 13.0. The second-order valence-electron chi connectivity index (χ2n) is 4.77. The average Bonchev–Trinajstić information content (AvgIpc) is 2.77. The molecule has 1 aromatic heterocycles. The highest BCUT2D eigenvalue weighted by Gasteiger charge is 2.23. The molecule has 0 saturated carbocycles. The molecule has 1 heterocycles. The van der Waals surface area contributed by atoms with Crippen molar-refractivity contribution in [2.24, 2.45) is 0 Å². The third-order valence-electron chi connectivity index (χ3n) is 2.96. The maximum Gasteiger partial charge on any atom is 0.356 e. The maximum absolute atomic E-state index is 13.9. The number of halogens is 1. The van der Waals surface area contributed by atoms with Crippen LogP contribution in [0, 0.1) is 19.7 Å². The standard InChI is InChI=1S/C14H15FN2O4S/c1-8-4-5-12(10(15)6-8)22(19,20)17-11-7-9(2)16-13(11)14(18)21-3/h4-7,16-17H,1-3H3. The Bertz CT molecular complexity index is 827. The molecule has 0 unspecified atom stereocenters. The van der Waals surface area contributed by atoms with Gasteiger partial charge < -0.3 is 9.72 Å². The van der Waals surface area contributed by atoms with Gasteiger partial charge in [-0.1, -0.05) is 6.07 Å². The number of aromatic nitrogens is 1. The topological polar surface area (TPSA) is 88.3 Å². The van der Waals surface area contributed by atoms with Crippen LogP contribution < -0.4 is 4.72 Å². The van der Waals surface area contributed by atoms with Crippen molar-refractivity contribution in [3.63, 3.8) is 0 Å². The largest absolute Gasteiger partial charge is 0.464 e. The monoisotopic (exact) mass is 326 g/mol. The van der Waals surface area contributed by atoms with E-state index in [1.54, 1.807) is 13.8 Å². The van der Waals surface area contributed by atoms with Gasteiger partial charge in [-0.3, -0.25) is 4.72 Å². The van der Waals surface area contributed by atoms with Gasteiger partial charge in [-0.05, 0) is 37.6 Å². The van der Waals surface area contributed by atoms with Crippen LogP contribution in [0.4, 0.5) is 10.1 Å². The number of hydrogen-bond donors (Lipinski definition) is 2. The van der Waals surface area contributed by atoms with Gasteiger partial charge >= 0.3 is 5.97 Å². The number of benzene rings is 1. The second-order valence-corrected chi connectivity index (χ2v) is 6.42. The molecular weight excluding hydrogens is 311 g/mol. The fraction of sp³-hybridized carbons (Fsp3) is 0.214. The molecule has 0 saturated heterocycles. The van der Waals surface area contributed by atoms with E-state index < -0.39 is 26.7 Å². The first-order valence-corrected chi connectivity index (χ1v) is 7.80. The van der Waals surface area contributed by atoms with E-state index in [1.165, 1.54) is 25.3 Å². The summed E-state index contributed by atoms with van der Waals surface area (Å²) in [5.41, 5.74) is 1.12. The first kappa shape index (κ1) is 16.0. The van der Waals surface area contributed by atoms with E-state index in [0.717, 1.165) is 6.07 Å². The van der Waals surface area contributed by atoms with E-state index in [1.807, 2.05) is 0 Å². The molecule has 0 atom stereocenters. The number of aryl methyl sites for hydroxylation is 2. The number of carbonyl (C=O) groups excluding carboxylic acids is 1. The Morgan fingerprint density at radius 2 is 1.95 bits per heavy atom. The number of aromatic amines is 1. The van der Waals surface area contributed by atoms with E-state index in [2.05, 4.69) is 14.4 Å². The maximum atomic E-state index is 13.9. The number of hydrogen-bond acceptors (Lipinski definition) is 4. The van der Waals surface area contributed by atoms with Crippen molar-refractivity contribution in [2.75, 3.05) is 11.8 Å². The predicted molar refractivity (Wildman–Crippen MR) is 78.8 cm³/mol. The first-order chi connectivity index (χ1) is 10.2. The summed E-state index contributed by atoms with van der Waals surface area (Å²) in [4.78, 5) is 13.8. The number of esters is 1. The van der Waals surface area contributed by atoms with Gasteiger partial charge in [0.2, 0.25) is 0 Å². The van der Waals surface area contributed by atoms with Crippen molar-refractivity contribution in [1.82, 2.24) is 4.98 Å². The van der Waals surface area contributed by atoms with E-state index in [-0.39, 0.29) is 11.4 Å². The first-order valence-electron chi connectivity index (χ1n) is 6.31. The van der Waals surface area contributed by atoms with Gasteiger partial charge in [0.05, 0.1) is 12.8 Å². The van der Waals surface area contributed by atoms with Crippen molar-refractivity contribution in [3.8, 4) is 0 Å². The number of rotatable bonds is 4. The number of anilines is 1. The van der Waals surface area contributed by atoms with Crippen LogP contribution in [0.3, 0.4) is 0 Å². The summed E-state index contributed by atoms with van der Waals surface area (Å²) in [6.07, 6.45) is 0. The molecule has 0 fully saturated rings. The van der Waals surface area contributed by atoms with Gasteiger partial charge in [-0.15, -0.1) is 0 Å². The summed E-state index contributed by atoms with van der Waals surface area (Å²) in [5.74, 6) is -1.59. The highest BCUT2D eigenvalue weighted by atomic mass is 32.2. The van der Waals surface area contributed by atoms with Crippen molar-refractivity contribution in [2.45, 2.75) is 18.7 Å². The van der Waals surface area contributed by atoms with E-state index in [9.17, 15) is 17.6 Å². The fourth-order valence-electron chi connectivity index (χ4n) is 1.96. The molecule has 6 nitrogen and oxygen atoms in total. The van der Waals surface area contributed by atoms with Gasteiger partial charge in [-0.25, -0.2) is 17.6 Å². The van der Waals surface area contributed by atoms with Gasteiger partial charge in [-0.2, -0.15) is 0 Å². The molecule has 0 aliphatic heterocycles. The number of carbonyl (C=O) groups is 1. The van der Waals surface area contributed by atoms with Crippen LogP contribution in [-0.2, 0) is 14.8 Å². The van der Waals surface area contributed by atoms with Crippen LogP contribution in [-0.4, -0.2) is 26.5 Å². The number of methoxy groups -OCH3 is 1. The molecule has 2 rings (SSSR count). The Morgan fingerprint density at radius 1 is 1.27 bits per heavy atom. The van der Waals surface area contributed by atoms with Crippen LogP contribution in [0.15, 0.2) is 29.2 Å². The van der Waals surface area contributed by atoms with E-state index in [4.69, 9.17) is 0 Å². The molecule has 8 heteroatoms. The highest BCUT2D eigenvalue weighted by Crippen LogP contribution is 2.23. The number of H-pyrrole nitrogens is 1. The quantitative estimate of drug-likeness (QED) is 0.844. The molecule has 2 aromatic rings. The summed E-state index contributed by atoms with van der Waals surface area (Å²) in [7, 11) is -2.99. The lowest BCUT2D eigenvalue weighted by Crippen LogP contribution is -2.16. The zero-order chi connectivity index (χ0) is 16.5. The normalized spacial score (nSPS) is 11.3. The lowest BCUT2D eigenvalue weighted by atomic mass is 10.2. The SMILES string of the molecule is COC(=O)c1[nH]c(C)cc1NS(=O)(=O)c1ccc(C)cc1F. The Hall–Kier alpha value is -2.35. The molecule has 1 aromatic carbocycles. The second kappa shape index (κ2) is 5.80. The third kappa shape index (κ3) is 3.11. The molecule has 0 aliphatic rings. The van der Waals surface area contributed by atoms with Crippen LogP contribution in [0.5, 0.6) is 0 Å². The molecule has 0 spiro atoms. The van der Waals surface area contributed by atoms with Crippen LogP contribution in [0.25, 0.3) is 0 Å². The average molecular weight is 326 g/mol. The van der Waals surface area contributed by atoms with Gasteiger partial charge in [0.25, 0.3) is 10.0 Å². The lowest BCUT2D eigenvalue weighted by Gasteiger charge is -2.09. The summed E-state index contributed by atoms with van der Waals surface area (Å²) in [6, 6.07) is 5.21. The number of sulfonamides is 1. The Balaban J connectivity index is 2.43. The molecule has 2 N–H and O–H groups in total. The minimum atomic E-state index is -4.16. The molecule has 0 aliphatic carbocycles. The van der Waals surface area contributed by atoms with Crippen molar-refractivity contribution in [3.05, 3.63) is 47.0 Å². The van der Waals surface area contributed by atoms with Crippen LogP contribution in [0.2, 0.25) is 0 Å². The molecule has 0 bridgehead atoms. The lowest BCUT2D eigenvalue weighted by molar-refractivity contribution is 0.0596. The zero-order valence-electron chi connectivity index (χ0n) is 12.2.